The predicted octanol–water partition coefficient (Wildman–Crippen LogP) is 1.48. The van der Waals surface area contributed by atoms with E-state index in [1.807, 2.05) is 25.1 Å². The maximum Gasteiger partial charge on any atom is 0.152 e. The van der Waals surface area contributed by atoms with Crippen molar-refractivity contribution in [1.29, 1.82) is 0 Å². The molecule has 3 nitrogen and oxygen atoms in total. The lowest BCUT2D eigenvalue weighted by molar-refractivity contribution is -0.0192. The molecule has 1 aromatic carbocycles. The Balaban J connectivity index is 2.59. The largest absolute Gasteiger partial charge is 0.300 e. The highest BCUT2D eigenvalue weighted by Crippen LogP contribution is 2.34. The SMILES string of the molecule is C[C@@H]1c2ccccc2S(=O)N1O. The molecule has 0 radical (unpaired) electrons. The van der Waals surface area contributed by atoms with Crippen molar-refractivity contribution < 1.29 is 9.42 Å². The molecule has 1 aliphatic rings. The first-order valence-corrected chi connectivity index (χ1v) is 4.81. The lowest BCUT2D eigenvalue weighted by atomic mass is 10.1. The molecule has 0 spiro atoms. The van der Waals surface area contributed by atoms with Gasteiger partial charge in [0.2, 0.25) is 0 Å². The second-order valence-electron chi connectivity index (χ2n) is 2.77. The van der Waals surface area contributed by atoms with Gasteiger partial charge in [0.05, 0.1) is 10.9 Å². The topological polar surface area (TPSA) is 40.5 Å². The van der Waals surface area contributed by atoms with E-state index in [0.717, 1.165) is 10.0 Å². The second kappa shape index (κ2) is 2.65. The summed E-state index contributed by atoms with van der Waals surface area (Å²) in [6, 6.07) is 7.20. The highest BCUT2D eigenvalue weighted by atomic mass is 32.2. The van der Waals surface area contributed by atoms with Crippen molar-refractivity contribution in [1.82, 2.24) is 4.47 Å². The first kappa shape index (κ1) is 7.91. The van der Waals surface area contributed by atoms with E-state index in [1.54, 1.807) is 6.07 Å². The van der Waals surface area contributed by atoms with Crippen LogP contribution in [0.3, 0.4) is 0 Å². The number of nitrogens with zero attached hydrogens (tertiary/aromatic N) is 1. The van der Waals surface area contributed by atoms with Crippen LogP contribution in [0.2, 0.25) is 0 Å². The first-order chi connectivity index (χ1) is 5.72. The minimum Gasteiger partial charge on any atom is -0.300 e. The molecule has 0 saturated carbocycles. The van der Waals surface area contributed by atoms with Gasteiger partial charge < -0.3 is 5.21 Å². The first-order valence-electron chi connectivity index (χ1n) is 3.70. The quantitative estimate of drug-likeness (QED) is 0.661. The van der Waals surface area contributed by atoms with Gasteiger partial charge in [0, 0.05) is 0 Å². The number of hydroxylamine groups is 1. The second-order valence-corrected chi connectivity index (χ2v) is 4.08. The zero-order valence-electron chi connectivity index (χ0n) is 6.60. The van der Waals surface area contributed by atoms with Crippen LogP contribution in [-0.4, -0.2) is 13.9 Å². The summed E-state index contributed by atoms with van der Waals surface area (Å²) in [5, 5.41) is 9.32. The molecule has 0 aliphatic carbocycles. The number of hydrogen-bond acceptors (Lipinski definition) is 2. The van der Waals surface area contributed by atoms with Gasteiger partial charge in [-0.15, -0.1) is 0 Å². The Bertz CT molecular complexity index is 340. The van der Waals surface area contributed by atoms with Crippen molar-refractivity contribution >= 4 is 11.0 Å². The maximum atomic E-state index is 11.4. The van der Waals surface area contributed by atoms with Gasteiger partial charge in [-0.1, -0.05) is 22.7 Å². The van der Waals surface area contributed by atoms with E-state index in [0.29, 0.717) is 4.90 Å². The van der Waals surface area contributed by atoms with Gasteiger partial charge in [-0.3, -0.25) is 0 Å². The summed E-state index contributed by atoms with van der Waals surface area (Å²) in [6.07, 6.45) is 0. The van der Waals surface area contributed by atoms with Crippen molar-refractivity contribution in [2.24, 2.45) is 0 Å². The van der Waals surface area contributed by atoms with Crippen LogP contribution in [0.4, 0.5) is 0 Å². The average molecular weight is 183 g/mol. The van der Waals surface area contributed by atoms with Gasteiger partial charge in [0.15, 0.2) is 11.0 Å². The molecule has 2 atom stereocenters. The van der Waals surface area contributed by atoms with Gasteiger partial charge in [-0.25, -0.2) is 4.21 Å². The monoisotopic (exact) mass is 183 g/mol. The lowest BCUT2D eigenvalue weighted by Gasteiger charge is -2.09. The van der Waals surface area contributed by atoms with Crippen LogP contribution in [0.5, 0.6) is 0 Å². The van der Waals surface area contributed by atoms with Crippen LogP contribution >= 0.6 is 0 Å². The Labute approximate surface area is 73.2 Å². The summed E-state index contributed by atoms with van der Waals surface area (Å²) in [5.41, 5.74) is 0.943. The fraction of sp³-hybridized carbons (Fsp3) is 0.250. The molecule has 0 amide bonds. The summed E-state index contributed by atoms with van der Waals surface area (Å²) in [5.74, 6) is 0. The molecule has 1 aliphatic heterocycles. The molecule has 1 unspecified atom stereocenters. The zero-order chi connectivity index (χ0) is 8.72. The van der Waals surface area contributed by atoms with E-state index in [1.165, 1.54) is 0 Å². The minimum atomic E-state index is -1.38. The Kier molecular flexibility index (Phi) is 1.75. The van der Waals surface area contributed by atoms with E-state index in [-0.39, 0.29) is 6.04 Å². The van der Waals surface area contributed by atoms with Gasteiger partial charge in [-0.05, 0) is 18.6 Å². The third-order valence-corrected chi connectivity index (χ3v) is 3.46. The van der Waals surface area contributed by atoms with Crippen molar-refractivity contribution in [3.63, 3.8) is 0 Å². The summed E-state index contributed by atoms with van der Waals surface area (Å²) in [4.78, 5) is 0.715. The Morgan fingerprint density at radius 1 is 1.50 bits per heavy atom. The Hall–Kier alpha value is -0.710. The Morgan fingerprint density at radius 2 is 2.17 bits per heavy atom. The average Bonchev–Trinajstić information content (AvgIpc) is 2.33. The Morgan fingerprint density at radius 3 is 2.83 bits per heavy atom. The van der Waals surface area contributed by atoms with Crippen molar-refractivity contribution in [2.45, 2.75) is 17.9 Å². The molecule has 4 heteroatoms. The van der Waals surface area contributed by atoms with E-state index < -0.39 is 11.0 Å². The van der Waals surface area contributed by atoms with Crippen LogP contribution in [0.1, 0.15) is 18.5 Å². The van der Waals surface area contributed by atoms with E-state index >= 15 is 0 Å². The molecule has 64 valence electrons. The molecule has 0 saturated heterocycles. The molecule has 0 fully saturated rings. The molecule has 12 heavy (non-hydrogen) atoms. The van der Waals surface area contributed by atoms with Crippen LogP contribution in [0.25, 0.3) is 0 Å². The standard InChI is InChI=1S/C8H9NO2S/c1-6-7-4-2-3-5-8(7)12(11)9(6)10/h2-6,10H,1H3/t6-,12?/m1/s1. The molecular formula is C8H9NO2S. The molecule has 1 aromatic rings. The number of benzene rings is 1. The van der Waals surface area contributed by atoms with Crippen LogP contribution in [0, 0.1) is 0 Å². The van der Waals surface area contributed by atoms with Crippen molar-refractivity contribution in [3.8, 4) is 0 Å². The smallest absolute Gasteiger partial charge is 0.152 e. The molecule has 0 bridgehead atoms. The fourth-order valence-corrected chi connectivity index (χ4v) is 2.59. The maximum absolute atomic E-state index is 11.4. The third-order valence-electron chi connectivity index (χ3n) is 2.06. The highest BCUT2D eigenvalue weighted by molar-refractivity contribution is 7.82. The molecule has 2 rings (SSSR count). The number of hydrogen-bond donors (Lipinski definition) is 1. The number of rotatable bonds is 0. The third kappa shape index (κ3) is 0.924. The van der Waals surface area contributed by atoms with Gasteiger partial charge in [0.1, 0.15) is 0 Å². The minimum absolute atomic E-state index is 0.165. The van der Waals surface area contributed by atoms with E-state index in [9.17, 15) is 9.42 Å². The molecule has 1 N–H and O–H groups in total. The summed E-state index contributed by atoms with van der Waals surface area (Å²) >= 11 is 0. The van der Waals surface area contributed by atoms with Gasteiger partial charge in [-0.2, -0.15) is 0 Å². The van der Waals surface area contributed by atoms with Gasteiger partial charge >= 0.3 is 0 Å². The summed E-state index contributed by atoms with van der Waals surface area (Å²) < 4.78 is 12.3. The number of fused-ring (bicyclic) bond motifs is 1. The van der Waals surface area contributed by atoms with Crippen LogP contribution in [-0.2, 0) is 11.0 Å². The van der Waals surface area contributed by atoms with E-state index in [4.69, 9.17) is 0 Å². The predicted molar refractivity (Wildman–Crippen MR) is 44.9 cm³/mol. The summed E-state index contributed by atoms with van der Waals surface area (Å²) in [6.45, 7) is 1.82. The zero-order valence-corrected chi connectivity index (χ0v) is 7.41. The molecular weight excluding hydrogens is 174 g/mol. The van der Waals surface area contributed by atoms with Crippen molar-refractivity contribution in [2.75, 3.05) is 0 Å². The molecule has 1 heterocycles. The normalized spacial score (nSPS) is 28.8. The van der Waals surface area contributed by atoms with Gasteiger partial charge in [0.25, 0.3) is 0 Å². The van der Waals surface area contributed by atoms with Crippen molar-refractivity contribution in [3.05, 3.63) is 29.8 Å². The fourth-order valence-electron chi connectivity index (χ4n) is 1.35. The lowest BCUT2D eigenvalue weighted by Crippen LogP contribution is -2.17. The van der Waals surface area contributed by atoms with Crippen LogP contribution in [0.15, 0.2) is 29.2 Å². The summed E-state index contributed by atoms with van der Waals surface area (Å²) in [7, 11) is -1.38. The van der Waals surface area contributed by atoms with E-state index in [2.05, 4.69) is 0 Å². The molecule has 0 aromatic heterocycles. The highest BCUT2D eigenvalue weighted by Gasteiger charge is 2.31. The van der Waals surface area contributed by atoms with Crippen LogP contribution < -0.4 is 0 Å².